The van der Waals surface area contributed by atoms with Crippen LogP contribution in [0.1, 0.15) is 15.9 Å². The van der Waals surface area contributed by atoms with E-state index in [0.717, 1.165) is 0 Å². The molecule has 5 nitrogen and oxygen atoms in total. The standard InChI is InChI=1S/C12H12N2O3/c13-4-9-3-8(7-15)1-2-10(9)14-5-11(16)12(17)6-14/h1-3,7,11-12,16-17H,5-6H2. The number of carbonyl (C=O) groups is 1. The van der Waals surface area contributed by atoms with E-state index in [-0.39, 0.29) is 13.1 Å². The highest BCUT2D eigenvalue weighted by Gasteiger charge is 2.30. The monoisotopic (exact) mass is 232 g/mol. The van der Waals surface area contributed by atoms with Crippen LogP contribution in [-0.2, 0) is 0 Å². The van der Waals surface area contributed by atoms with Crippen LogP contribution in [0.5, 0.6) is 0 Å². The maximum absolute atomic E-state index is 10.6. The summed E-state index contributed by atoms with van der Waals surface area (Å²) >= 11 is 0. The molecule has 1 fully saturated rings. The summed E-state index contributed by atoms with van der Waals surface area (Å²) < 4.78 is 0. The van der Waals surface area contributed by atoms with E-state index in [1.807, 2.05) is 6.07 Å². The molecule has 1 saturated heterocycles. The Hall–Kier alpha value is -1.90. The minimum absolute atomic E-state index is 0.288. The van der Waals surface area contributed by atoms with E-state index >= 15 is 0 Å². The number of benzene rings is 1. The average molecular weight is 232 g/mol. The number of rotatable bonds is 2. The van der Waals surface area contributed by atoms with Gasteiger partial charge in [-0.2, -0.15) is 5.26 Å². The van der Waals surface area contributed by atoms with Gasteiger partial charge < -0.3 is 15.1 Å². The van der Waals surface area contributed by atoms with Crippen LogP contribution in [0.15, 0.2) is 18.2 Å². The van der Waals surface area contributed by atoms with Crippen LogP contribution in [0.2, 0.25) is 0 Å². The first-order chi connectivity index (χ1) is 8.15. The smallest absolute Gasteiger partial charge is 0.150 e. The number of β-amino-alcohol motifs (C(OH)–C–C–N with tert-alkyl or cyclic N) is 2. The lowest BCUT2D eigenvalue weighted by Crippen LogP contribution is -2.22. The Kier molecular flexibility index (Phi) is 3.09. The van der Waals surface area contributed by atoms with E-state index in [1.54, 1.807) is 17.0 Å². The maximum atomic E-state index is 10.6. The molecule has 5 heteroatoms. The zero-order chi connectivity index (χ0) is 12.4. The number of aliphatic hydroxyl groups is 2. The molecular formula is C12H12N2O3. The second kappa shape index (κ2) is 4.53. The van der Waals surface area contributed by atoms with Gasteiger partial charge in [-0.3, -0.25) is 4.79 Å². The van der Waals surface area contributed by atoms with E-state index in [1.165, 1.54) is 6.07 Å². The summed E-state index contributed by atoms with van der Waals surface area (Å²) in [7, 11) is 0. The normalized spacial score (nSPS) is 23.5. The highest BCUT2D eigenvalue weighted by Crippen LogP contribution is 2.25. The number of aliphatic hydroxyl groups excluding tert-OH is 2. The molecule has 0 radical (unpaired) electrons. The van der Waals surface area contributed by atoms with Gasteiger partial charge in [-0.15, -0.1) is 0 Å². The minimum Gasteiger partial charge on any atom is -0.389 e. The fraction of sp³-hybridized carbons (Fsp3) is 0.333. The van der Waals surface area contributed by atoms with Crippen LogP contribution in [0.3, 0.4) is 0 Å². The molecule has 88 valence electrons. The second-order valence-corrected chi connectivity index (χ2v) is 4.05. The Labute approximate surface area is 98.5 Å². The molecule has 0 aliphatic carbocycles. The molecule has 1 aliphatic rings. The van der Waals surface area contributed by atoms with Gasteiger partial charge in [0.25, 0.3) is 0 Å². The highest BCUT2D eigenvalue weighted by atomic mass is 16.3. The fourth-order valence-corrected chi connectivity index (χ4v) is 1.96. The molecule has 1 aromatic carbocycles. The van der Waals surface area contributed by atoms with Crippen LogP contribution in [0.25, 0.3) is 0 Å². The van der Waals surface area contributed by atoms with Crippen LogP contribution in [-0.4, -0.2) is 41.8 Å². The molecule has 0 spiro atoms. The first-order valence-corrected chi connectivity index (χ1v) is 5.26. The van der Waals surface area contributed by atoms with E-state index in [9.17, 15) is 15.0 Å². The maximum Gasteiger partial charge on any atom is 0.150 e. The van der Waals surface area contributed by atoms with Crippen molar-refractivity contribution in [1.29, 1.82) is 5.26 Å². The number of hydrogen-bond donors (Lipinski definition) is 2. The largest absolute Gasteiger partial charge is 0.389 e. The Morgan fingerprint density at radius 3 is 2.53 bits per heavy atom. The third-order valence-corrected chi connectivity index (χ3v) is 2.88. The summed E-state index contributed by atoms with van der Waals surface area (Å²) in [6.45, 7) is 0.576. The topological polar surface area (TPSA) is 84.6 Å². The molecule has 2 N–H and O–H groups in total. The van der Waals surface area contributed by atoms with Crippen molar-refractivity contribution >= 4 is 12.0 Å². The molecule has 0 amide bonds. The van der Waals surface area contributed by atoms with Crippen molar-refractivity contribution in [3.05, 3.63) is 29.3 Å². The predicted octanol–water partition coefficient (Wildman–Crippen LogP) is -0.0874. The number of hydrogen-bond acceptors (Lipinski definition) is 5. The van der Waals surface area contributed by atoms with Gasteiger partial charge in [-0.05, 0) is 18.2 Å². The molecule has 0 saturated carbocycles. The molecular weight excluding hydrogens is 220 g/mol. The van der Waals surface area contributed by atoms with Gasteiger partial charge >= 0.3 is 0 Å². The van der Waals surface area contributed by atoms with E-state index in [4.69, 9.17) is 5.26 Å². The highest BCUT2D eigenvalue weighted by molar-refractivity contribution is 5.78. The van der Waals surface area contributed by atoms with Gasteiger partial charge in [0, 0.05) is 18.7 Å². The molecule has 0 aromatic heterocycles. The molecule has 2 atom stereocenters. The Balaban J connectivity index is 2.33. The minimum atomic E-state index is -0.799. The van der Waals surface area contributed by atoms with Gasteiger partial charge in [-0.1, -0.05) is 0 Å². The molecule has 1 aromatic rings. The molecule has 0 bridgehead atoms. The molecule has 1 heterocycles. The van der Waals surface area contributed by atoms with E-state index in [0.29, 0.717) is 23.1 Å². The summed E-state index contributed by atoms with van der Waals surface area (Å²) in [5.41, 5.74) is 1.44. The number of nitrogens with zero attached hydrogens (tertiary/aromatic N) is 2. The summed E-state index contributed by atoms with van der Waals surface area (Å²) in [6.07, 6.45) is -0.919. The van der Waals surface area contributed by atoms with Crippen molar-refractivity contribution in [2.75, 3.05) is 18.0 Å². The van der Waals surface area contributed by atoms with Crippen molar-refractivity contribution in [2.45, 2.75) is 12.2 Å². The molecule has 2 rings (SSSR count). The quantitative estimate of drug-likeness (QED) is 0.696. The number of carbonyl (C=O) groups excluding carboxylic acids is 1. The van der Waals surface area contributed by atoms with Crippen molar-refractivity contribution in [3.8, 4) is 6.07 Å². The van der Waals surface area contributed by atoms with Crippen molar-refractivity contribution in [2.24, 2.45) is 0 Å². The molecule has 2 unspecified atom stereocenters. The van der Waals surface area contributed by atoms with Crippen molar-refractivity contribution < 1.29 is 15.0 Å². The lowest BCUT2D eigenvalue weighted by atomic mass is 10.1. The van der Waals surface area contributed by atoms with Gasteiger partial charge in [0.05, 0.1) is 23.5 Å². The van der Waals surface area contributed by atoms with E-state index < -0.39 is 12.2 Å². The lowest BCUT2D eigenvalue weighted by Gasteiger charge is -2.19. The summed E-state index contributed by atoms with van der Waals surface area (Å²) in [4.78, 5) is 12.3. The number of aldehydes is 1. The van der Waals surface area contributed by atoms with Gasteiger partial charge in [-0.25, -0.2) is 0 Å². The van der Waals surface area contributed by atoms with Crippen LogP contribution in [0, 0.1) is 11.3 Å². The molecule has 1 aliphatic heterocycles. The van der Waals surface area contributed by atoms with Crippen molar-refractivity contribution in [3.63, 3.8) is 0 Å². The van der Waals surface area contributed by atoms with Crippen LogP contribution >= 0.6 is 0 Å². The third-order valence-electron chi connectivity index (χ3n) is 2.88. The Bertz CT molecular complexity index is 471. The van der Waals surface area contributed by atoms with Gasteiger partial charge in [0.15, 0.2) is 0 Å². The lowest BCUT2D eigenvalue weighted by molar-refractivity contribution is 0.0572. The predicted molar refractivity (Wildman–Crippen MR) is 60.8 cm³/mol. The first-order valence-electron chi connectivity index (χ1n) is 5.26. The second-order valence-electron chi connectivity index (χ2n) is 4.05. The Morgan fingerprint density at radius 2 is 2.00 bits per heavy atom. The van der Waals surface area contributed by atoms with Crippen LogP contribution < -0.4 is 4.90 Å². The first kappa shape index (κ1) is 11.6. The summed E-state index contributed by atoms with van der Waals surface area (Å²) in [5.74, 6) is 0. The SMILES string of the molecule is N#Cc1cc(C=O)ccc1N1CC(O)C(O)C1. The zero-order valence-corrected chi connectivity index (χ0v) is 9.08. The van der Waals surface area contributed by atoms with Crippen molar-refractivity contribution in [1.82, 2.24) is 0 Å². The van der Waals surface area contributed by atoms with Gasteiger partial charge in [0.1, 0.15) is 12.4 Å². The third kappa shape index (κ3) is 2.13. The van der Waals surface area contributed by atoms with Crippen LogP contribution in [0.4, 0.5) is 5.69 Å². The Morgan fingerprint density at radius 1 is 1.35 bits per heavy atom. The van der Waals surface area contributed by atoms with E-state index in [2.05, 4.69) is 0 Å². The summed E-state index contributed by atoms with van der Waals surface area (Å²) in [5, 5.41) is 27.9. The zero-order valence-electron chi connectivity index (χ0n) is 9.08. The summed E-state index contributed by atoms with van der Waals surface area (Å²) in [6, 6.07) is 6.78. The average Bonchev–Trinajstić information content (AvgIpc) is 2.68. The number of anilines is 1. The fourth-order valence-electron chi connectivity index (χ4n) is 1.96. The van der Waals surface area contributed by atoms with Gasteiger partial charge in [0.2, 0.25) is 0 Å². The number of nitriles is 1. The molecule has 17 heavy (non-hydrogen) atoms.